The van der Waals surface area contributed by atoms with Crippen molar-refractivity contribution in [1.29, 1.82) is 0 Å². The van der Waals surface area contributed by atoms with E-state index in [-0.39, 0.29) is 11.7 Å². The van der Waals surface area contributed by atoms with Gasteiger partial charge in [-0.2, -0.15) is 5.10 Å². The molecular formula is C22H20N4OS. The maximum Gasteiger partial charge on any atom is 0.250 e. The van der Waals surface area contributed by atoms with Crippen LogP contribution in [0.1, 0.15) is 12.5 Å². The van der Waals surface area contributed by atoms with Crippen LogP contribution in [0, 0.1) is 0 Å². The van der Waals surface area contributed by atoms with Gasteiger partial charge in [-0.3, -0.25) is 4.79 Å². The lowest BCUT2D eigenvalue weighted by molar-refractivity contribution is -0.118. The summed E-state index contributed by atoms with van der Waals surface area (Å²) >= 11 is 1.42. The van der Waals surface area contributed by atoms with Crippen LogP contribution in [0.25, 0.3) is 21.8 Å². The molecule has 0 spiro atoms. The van der Waals surface area contributed by atoms with Gasteiger partial charge in [0, 0.05) is 12.1 Å². The van der Waals surface area contributed by atoms with Crippen molar-refractivity contribution in [2.45, 2.75) is 18.6 Å². The van der Waals surface area contributed by atoms with Crippen molar-refractivity contribution in [2.24, 2.45) is 5.10 Å². The molecule has 5 nitrogen and oxygen atoms in total. The molecule has 28 heavy (non-hydrogen) atoms. The third kappa shape index (κ3) is 3.77. The quantitative estimate of drug-likeness (QED) is 0.302. The highest BCUT2D eigenvalue weighted by molar-refractivity contribution is 7.99. The van der Waals surface area contributed by atoms with Crippen LogP contribution in [-0.2, 0) is 11.3 Å². The number of nitrogens with zero attached hydrogens (tertiary/aromatic N) is 3. The maximum atomic E-state index is 12.2. The number of benzene rings is 3. The summed E-state index contributed by atoms with van der Waals surface area (Å²) < 4.78 is 2.12. The van der Waals surface area contributed by atoms with Crippen LogP contribution in [0.3, 0.4) is 0 Å². The molecule has 140 valence electrons. The highest BCUT2D eigenvalue weighted by Crippen LogP contribution is 2.23. The Balaban J connectivity index is 1.40. The number of carbonyl (C=O) groups excluding carboxylic acids is 1. The van der Waals surface area contributed by atoms with E-state index >= 15 is 0 Å². The molecule has 4 aromatic rings. The Hall–Kier alpha value is -3.12. The first kappa shape index (κ1) is 18.3. The molecule has 0 saturated heterocycles. The van der Waals surface area contributed by atoms with E-state index < -0.39 is 0 Å². The molecule has 0 bridgehead atoms. The number of imidazole rings is 1. The number of nitrogens with one attached hydrogen (secondary N) is 1. The third-order valence-electron chi connectivity index (χ3n) is 4.48. The first-order valence-corrected chi connectivity index (χ1v) is 10.1. The van der Waals surface area contributed by atoms with Gasteiger partial charge in [0.2, 0.25) is 0 Å². The van der Waals surface area contributed by atoms with Crippen LogP contribution < -0.4 is 5.43 Å². The second-order valence-electron chi connectivity index (χ2n) is 6.28. The molecule has 1 aromatic heterocycles. The lowest BCUT2D eigenvalue weighted by Gasteiger charge is -2.05. The van der Waals surface area contributed by atoms with Gasteiger partial charge < -0.3 is 4.57 Å². The molecule has 1 N–H and O–H groups in total. The summed E-state index contributed by atoms with van der Waals surface area (Å²) in [5.41, 5.74) is 5.61. The van der Waals surface area contributed by atoms with E-state index in [0.717, 1.165) is 39.1 Å². The zero-order valence-corrected chi connectivity index (χ0v) is 16.3. The molecule has 1 amide bonds. The predicted octanol–water partition coefficient (Wildman–Crippen LogP) is 4.45. The van der Waals surface area contributed by atoms with E-state index in [1.807, 2.05) is 54.6 Å². The maximum absolute atomic E-state index is 12.2. The number of aromatic nitrogens is 2. The molecule has 0 aliphatic carbocycles. The van der Waals surface area contributed by atoms with Crippen molar-refractivity contribution < 1.29 is 4.79 Å². The minimum Gasteiger partial charge on any atom is -0.319 e. The van der Waals surface area contributed by atoms with Gasteiger partial charge in [-0.05, 0) is 29.8 Å². The van der Waals surface area contributed by atoms with Crippen molar-refractivity contribution in [3.05, 3.63) is 72.3 Å². The van der Waals surface area contributed by atoms with Crippen LogP contribution >= 0.6 is 11.8 Å². The van der Waals surface area contributed by atoms with Crippen molar-refractivity contribution in [2.75, 3.05) is 5.75 Å². The zero-order valence-electron chi connectivity index (χ0n) is 15.5. The van der Waals surface area contributed by atoms with Crippen LogP contribution in [0.4, 0.5) is 0 Å². The van der Waals surface area contributed by atoms with Gasteiger partial charge in [-0.1, -0.05) is 66.4 Å². The number of hydrogen-bond acceptors (Lipinski definition) is 4. The molecule has 0 aliphatic rings. The molecule has 0 aliphatic heterocycles. The standard InChI is InChI=1S/C22H20N4OS/c1-2-26-20-13-6-5-12-19(20)24-22(26)28-15-21(27)25-23-14-17-10-7-9-16-8-3-4-11-18(16)17/h3-14H,2,15H2,1H3,(H,25,27)/b23-14-. The summed E-state index contributed by atoms with van der Waals surface area (Å²) in [6.45, 7) is 2.89. The van der Waals surface area contributed by atoms with Crippen molar-refractivity contribution in [3.8, 4) is 0 Å². The van der Waals surface area contributed by atoms with Gasteiger partial charge in [-0.15, -0.1) is 0 Å². The summed E-state index contributed by atoms with van der Waals surface area (Å²) in [6, 6.07) is 22.1. The second-order valence-corrected chi connectivity index (χ2v) is 7.22. The number of rotatable bonds is 6. The van der Waals surface area contributed by atoms with E-state index in [1.54, 1.807) is 6.21 Å². The highest BCUT2D eigenvalue weighted by atomic mass is 32.2. The van der Waals surface area contributed by atoms with Gasteiger partial charge in [0.15, 0.2) is 5.16 Å². The Morgan fingerprint density at radius 1 is 1.11 bits per heavy atom. The topological polar surface area (TPSA) is 59.3 Å². The monoisotopic (exact) mass is 388 g/mol. The molecule has 0 unspecified atom stereocenters. The number of thioether (sulfide) groups is 1. The molecular weight excluding hydrogens is 368 g/mol. The SMILES string of the molecule is CCn1c(SCC(=O)N/N=C\c2cccc3ccccc23)nc2ccccc21. The van der Waals surface area contributed by atoms with Crippen molar-refractivity contribution in [3.63, 3.8) is 0 Å². The first-order valence-electron chi connectivity index (χ1n) is 9.14. The van der Waals surface area contributed by atoms with E-state index in [0.29, 0.717) is 0 Å². The second kappa shape index (κ2) is 8.27. The Bertz CT molecular complexity index is 1160. The third-order valence-corrected chi connectivity index (χ3v) is 5.46. The van der Waals surface area contributed by atoms with Crippen LogP contribution in [0.2, 0.25) is 0 Å². The minimum atomic E-state index is -0.156. The molecule has 0 radical (unpaired) electrons. The molecule has 4 rings (SSSR count). The van der Waals surface area contributed by atoms with Crippen LogP contribution in [-0.4, -0.2) is 27.4 Å². The number of para-hydroxylation sites is 2. The van der Waals surface area contributed by atoms with Gasteiger partial charge >= 0.3 is 0 Å². The summed E-state index contributed by atoms with van der Waals surface area (Å²) in [4.78, 5) is 16.8. The number of hydrogen-bond donors (Lipinski definition) is 1. The van der Waals surface area contributed by atoms with E-state index in [2.05, 4.69) is 39.1 Å². The van der Waals surface area contributed by atoms with Gasteiger partial charge in [-0.25, -0.2) is 10.4 Å². The van der Waals surface area contributed by atoms with Gasteiger partial charge in [0.1, 0.15) is 0 Å². The fourth-order valence-electron chi connectivity index (χ4n) is 3.17. The van der Waals surface area contributed by atoms with Gasteiger partial charge in [0.25, 0.3) is 5.91 Å². The average Bonchev–Trinajstić information content (AvgIpc) is 3.10. The fourth-order valence-corrected chi connectivity index (χ4v) is 4.04. The number of carbonyl (C=O) groups is 1. The molecule has 1 heterocycles. The number of aryl methyl sites for hydroxylation is 1. The van der Waals surface area contributed by atoms with E-state index in [4.69, 9.17) is 0 Å². The number of hydrazone groups is 1. The average molecular weight is 388 g/mol. The lowest BCUT2D eigenvalue weighted by Crippen LogP contribution is -2.20. The summed E-state index contributed by atoms with van der Waals surface area (Å²) in [5.74, 6) is 0.104. The van der Waals surface area contributed by atoms with Crippen molar-refractivity contribution >= 4 is 45.7 Å². The molecule has 0 fully saturated rings. The summed E-state index contributed by atoms with van der Waals surface area (Å²) in [7, 11) is 0. The summed E-state index contributed by atoms with van der Waals surface area (Å²) in [6.07, 6.45) is 1.69. The zero-order chi connectivity index (χ0) is 19.3. The Morgan fingerprint density at radius 3 is 2.79 bits per heavy atom. The molecule has 0 saturated carbocycles. The normalized spacial score (nSPS) is 11.5. The Kier molecular flexibility index (Phi) is 5.39. The number of fused-ring (bicyclic) bond motifs is 2. The predicted molar refractivity (Wildman–Crippen MR) is 116 cm³/mol. The number of amides is 1. The molecule has 3 aromatic carbocycles. The fraction of sp³-hybridized carbons (Fsp3) is 0.136. The van der Waals surface area contributed by atoms with Crippen molar-refractivity contribution in [1.82, 2.24) is 15.0 Å². The molecule has 6 heteroatoms. The van der Waals surface area contributed by atoms with Crippen LogP contribution in [0.5, 0.6) is 0 Å². The van der Waals surface area contributed by atoms with E-state index in [9.17, 15) is 4.79 Å². The van der Waals surface area contributed by atoms with Gasteiger partial charge in [0.05, 0.1) is 23.0 Å². The first-order chi connectivity index (χ1) is 13.8. The molecule has 0 atom stereocenters. The Morgan fingerprint density at radius 2 is 1.89 bits per heavy atom. The van der Waals surface area contributed by atoms with Crippen LogP contribution in [0.15, 0.2) is 77.0 Å². The largest absolute Gasteiger partial charge is 0.319 e. The summed E-state index contributed by atoms with van der Waals surface area (Å²) in [5, 5.41) is 7.22. The Labute approximate surface area is 167 Å². The lowest BCUT2D eigenvalue weighted by atomic mass is 10.1. The smallest absolute Gasteiger partial charge is 0.250 e. The highest BCUT2D eigenvalue weighted by Gasteiger charge is 2.11. The minimum absolute atomic E-state index is 0.156. The van der Waals surface area contributed by atoms with E-state index in [1.165, 1.54) is 11.8 Å².